The van der Waals surface area contributed by atoms with E-state index in [9.17, 15) is 0 Å². The van der Waals surface area contributed by atoms with E-state index >= 15 is 0 Å². The van der Waals surface area contributed by atoms with Crippen molar-refractivity contribution in [1.82, 2.24) is 0 Å². The Morgan fingerprint density at radius 2 is 1.24 bits per heavy atom. The molecule has 0 aromatic heterocycles. The molecule has 0 aliphatic rings. The van der Waals surface area contributed by atoms with Crippen LogP contribution in [0.15, 0.2) is 48.5 Å². The number of nitrogens with two attached hydrogens (primary N) is 2. The molecule has 0 aliphatic carbocycles. The average molecular weight is 288 g/mol. The molecule has 2 rings (SSSR count). The van der Waals surface area contributed by atoms with Crippen molar-refractivity contribution in [2.45, 2.75) is 40.8 Å². The van der Waals surface area contributed by atoms with Gasteiger partial charge in [0.05, 0.1) is 0 Å². The van der Waals surface area contributed by atoms with Crippen molar-refractivity contribution in [3.63, 3.8) is 0 Å². The second-order valence-corrected chi connectivity index (χ2v) is 3.88. The standard InChI is InChI=1S/C14H16N2O.2C2H6/c15-9-11-3-7-14(8-4-11)17-10-12-1-5-13(16)6-2-12;2*1-2/h1-8H,9-10,15-16H2;2*1-2H3. The van der Waals surface area contributed by atoms with Crippen molar-refractivity contribution < 1.29 is 4.74 Å². The second kappa shape index (κ2) is 11.8. The molecule has 0 fully saturated rings. The van der Waals surface area contributed by atoms with Crippen LogP contribution in [0.4, 0.5) is 5.69 Å². The van der Waals surface area contributed by atoms with Crippen molar-refractivity contribution in [1.29, 1.82) is 0 Å². The van der Waals surface area contributed by atoms with Crippen molar-refractivity contribution >= 4 is 5.69 Å². The third-order valence-corrected chi connectivity index (χ3v) is 2.54. The summed E-state index contributed by atoms with van der Waals surface area (Å²) in [6.45, 7) is 9.10. The van der Waals surface area contributed by atoms with Gasteiger partial charge in [-0.2, -0.15) is 0 Å². The molecule has 0 saturated heterocycles. The van der Waals surface area contributed by atoms with Crippen LogP contribution in [-0.2, 0) is 13.2 Å². The zero-order valence-electron chi connectivity index (χ0n) is 13.6. The van der Waals surface area contributed by atoms with E-state index in [0.717, 1.165) is 22.6 Å². The van der Waals surface area contributed by atoms with Gasteiger partial charge in [-0.1, -0.05) is 52.0 Å². The number of benzene rings is 2. The van der Waals surface area contributed by atoms with E-state index in [4.69, 9.17) is 16.2 Å². The maximum atomic E-state index is 5.65. The first-order chi connectivity index (χ1) is 10.3. The topological polar surface area (TPSA) is 61.3 Å². The van der Waals surface area contributed by atoms with Gasteiger partial charge in [-0.05, 0) is 35.4 Å². The van der Waals surface area contributed by atoms with Gasteiger partial charge in [-0.15, -0.1) is 0 Å². The minimum atomic E-state index is 0.544. The Labute approximate surface area is 128 Å². The molecule has 0 atom stereocenters. The number of hydrogen-bond acceptors (Lipinski definition) is 3. The first-order valence-electron chi connectivity index (χ1n) is 7.54. The summed E-state index contributed by atoms with van der Waals surface area (Å²) in [5, 5.41) is 0. The van der Waals surface area contributed by atoms with E-state index in [1.165, 1.54) is 0 Å². The monoisotopic (exact) mass is 288 g/mol. The highest BCUT2D eigenvalue weighted by Gasteiger charge is 1.96. The maximum absolute atomic E-state index is 5.65. The molecule has 0 unspecified atom stereocenters. The number of nitrogen functional groups attached to an aromatic ring is 1. The predicted octanol–water partition coefficient (Wildman–Crippen LogP) is 4.36. The van der Waals surface area contributed by atoms with Gasteiger partial charge in [0, 0.05) is 12.2 Å². The Morgan fingerprint density at radius 1 is 0.762 bits per heavy atom. The van der Waals surface area contributed by atoms with E-state index < -0.39 is 0 Å². The fourth-order valence-corrected chi connectivity index (χ4v) is 1.50. The molecule has 0 heterocycles. The molecular formula is C18H28N2O. The summed E-state index contributed by atoms with van der Waals surface area (Å²) in [7, 11) is 0. The van der Waals surface area contributed by atoms with Gasteiger partial charge in [-0.25, -0.2) is 0 Å². The minimum absolute atomic E-state index is 0.544. The third-order valence-electron chi connectivity index (χ3n) is 2.54. The Balaban J connectivity index is 0.000000921. The Bertz CT molecular complexity index is 464. The Hall–Kier alpha value is -2.00. The Morgan fingerprint density at radius 3 is 1.71 bits per heavy atom. The lowest BCUT2D eigenvalue weighted by molar-refractivity contribution is 0.306. The highest BCUT2D eigenvalue weighted by atomic mass is 16.5. The first-order valence-corrected chi connectivity index (χ1v) is 7.54. The van der Waals surface area contributed by atoms with Crippen LogP contribution >= 0.6 is 0 Å². The van der Waals surface area contributed by atoms with Crippen molar-refractivity contribution in [3.8, 4) is 5.75 Å². The molecule has 3 heteroatoms. The SMILES string of the molecule is CC.CC.NCc1ccc(OCc2ccc(N)cc2)cc1. The van der Waals surface area contributed by atoms with Gasteiger partial charge in [0.1, 0.15) is 12.4 Å². The third kappa shape index (κ3) is 7.37. The fraction of sp³-hybridized carbons (Fsp3) is 0.333. The van der Waals surface area contributed by atoms with Crippen LogP contribution in [-0.4, -0.2) is 0 Å². The van der Waals surface area contributed by atoms with Crippen LogP contribution in [0.1, 0.15) is 38.8 Å². The van der Waals surface area contributed by atoms with Gasteiger partial charge in [0.15, 0.2) is 0 Å². The molecule has 3 nitrogen and oxygen atoms in total. The van der Waals surface area contributed by atoms with Gasteiger partial charge in [0.25, 0.3) is 0 Å². The van der Waals surface area contributed by atoms with Gasteiger partial charge >= 0.3 is 0 Å². The Kier molecular flexibility index (Phi) is 10.7. The normalized spacial score (nSPS) is 8.81. The van der Waals surface area contributed by atoms with E-state index in [-0.39, 0.29) is 0 Å². The molecule has 2 aromatic carbocycles. The first kappa shape index (κ1) is 19.0. The molecule has 0 amide bonds. The lowest BCUT2D eigenvalue weighted by atomic mass is 10.2. The van der Waals surface area contributed by atoms with Crippen LogP contribution in [0.2, 0.25) is 0 Å². The van der Waals surface area contributed by atoms with Crippen LogP contribution < -0.4 is 16.2 Å². The molecule has 21 heavy (non-hydrogen) atoms. The summed E-state index contributed by atoms with van der Waals surface area (Å²) in [4.78, 5) is 0. The zero-order valence-corrected chi connectivity index (χ0v) is 13.6. The summed E-state index contributed by atoms with van der Waals surface area (Å²) in [6, 6.07) is 15.5. The maximum Gasteiger partial charge on any atom is 0.119 e. The van der Waals surface area contributed by atoms with Crippen molar-refractivity contribution in [2.75, 3.05) is 5.73 Å². The van der Waals surface area contributed by atoms with Crippen LogP contribution in [0.5, 0.6) is 5.75 Å². The summed E-state index contributed by atoms with van der Waals surface area (Å²) in [5.41, 5.74) is 14.1. The molecule has 0 bridgehead atoms. The highest BCUT2D eigenvalue weighted by Crippen LogP contribution is 2.14. The largest absolute Gasteiger partial charge is 0.489 e. The molecule has 4 N–H and O–H groups in total. The van der Waals surface area contributed by atoms with Crippen molar-refractivity contribution in [2.24, 2.45) is 5.73 Å². The van der Waals surface area contributed by atoms with Gasteiger partial charge in [-0.3, -0.25) is 0 Å². The number of anilines is 1. The van der Waals surface area contributed by atoms with Crippen LogP contribution in [0, 0.1) is 0 Å². The summed E-state index contributed by atoms with van der Waals surface area (Å²) >= 11 is 0. The second-order valence-electron chi connectivity index (χ2n) is 3.88. The van der Waals surface area contributed by atoms with Gasteiger partial charge in [0.2, 0.25) is 0 Å². The van der Waals surface area contributed by atoms with Crippen LogP contribution in [0.3, 0.4) is 0 Å². The van der Waals surface area contributed by atoms with Crippen molar-refractivity contribution in [3.05, 3.63) is 59.7 Å². The lowest BCUT2D eigenvalue weighted by Crippen LogP contribution is -1.98. The molecular weight excluding hydrogens is 260 g/mol. The quantitative estimate of drug-likeness (QED) is 0.822. The van der Waals surface area contributed by atoms with Gasteiger partial charge < -0.3 is 16.2 Å². The molecule has 0 saturated carbocycles. The molecule has 0 radical (unpaired) electrons. The lowest BCUT2D eigenvalue weighted by Gasteiger charge is -2.07. The summed E-state index contributed by atoms with van der Waals surface area (Å²) in [6.07, 6.45) is 0. The zero-order chi connectivity index (χ0) is 16.1. The summed E-state index contributed by atoms with van der Waals surface area (Å²) in [5.74, 6) is 0.846. The van der Waals surface area contributed by atoms with Crippen LogP contribution in [0.25, 0.3) is 0 Å². The van der Waals surface area contributed by atoms with E-state index in [1.54, 1.807) is 0 Å². The molecule has 116 valence electrons. The number of ether oxygens (including phenoxy) is 1. The number of hydrogen-bond donors (Lipinski definition) is 2. The smallest absolute Gasteiger partial charge is 0.119 e. The van der Waals surface area contributed by atoms with E-state index in [0.29, 0.717) is 13.2 Å². The minimum Gasteiger partial charge on any atom is -0.489 e. The van der Waals surface area contributed by atoms with E-state index in [1.807, 2.05) is 76.2 Å². The fourth-order valence-electron chi connectivity index (χ4n) is 1.50. The molecule has 2 aromatic rings. The molecule has 0 aliphatic heterocycles. The molecule has 0 spiro atoms. The predicted molar refractivity (Wildman–Crippen MR) is 92.2 cm³/mol. The van der Waals surface area contributed by atoms with E-state index in [2.05, 4.69) is 0 Å². The average Bonchev–Trinajstić information content (AvgIpc) is 2.58. The summed E-state index contributed by atoms with van der Waals surface area (Å²) < 4.78 is 5.65. The highest BCUT2D eigenvalue weighted by molar-refractivity contribution is 5.39. The number of rotatable bonds is 4.